The number of hydrogen-bond acceptors (Lipinski definition) is 15. The average molecular weight is 1380 g/mol. The van der Waals surface area contributed by atoms with Crippen molar-refractivity contribution in [3.63, 3.8) is 0 Å². The number of aryl methyl sites for hydroxylation is 6. The highest BCUT2D eigenvalue weighted by Gasteiger charge is 2.21. The van der Waals surface area contributed by atoms with Crippen LogP contribution in [0.5, 0.6) is 0 Å². The molecule has 101 heavy (non-hydrogen) atoms. The Bertz CT molecular complexity index is 4380. The van der Waals surface area contributed by atoms with Gasteiger partial charge in [-0.2, -0.15) is 0 Å². The number of carbonyl (C=O) groups is 9. The highest BCUT2D eigenvalue weighted by molar-refractivity contribution is 5.95. The zero-order valence-electron chi connectivity index (χ0n) is 57.6. The van der Waals surface area contributed by atoms with Crippen molar-refractivity contribution in [3.8, 4) is 50.8 Å². The predicted octanol–water partition coefficient (Wildman–Crippen LogP) is 10.1. The summed E-state index contributed by atoms with van der Waals surface area (Å²) in [6, 6.07) is 50.1. The smallest absolute Gasteiger partial charge is 0.329 e. The van der Waals surface area contributed by atoms with E-state index in [0.717, 1.165) is 84.6 Å². The van der Waals surface area contributed by atoms with Crippen molar-refractivity contribution >= 4 is 70.5 Å². The molecule has 0 aliphatic carbocycles. The van der Waals surface area contributed by atoms with Gasteiger partial charge in [-0.15, -0.1) is 0 Å². The molecule has 0 unspecified atom stereocenters. The van der Waals surface area contributed by atoms with Gasteiger partial charge >= 0.3 is 23.9 Å². The number of esters is 2. The van der Waals surface area contributed by atoms with E-state index in [-0.39, 0.29) is 62.8 Å². The van der Waals surface area contributed by atoms with Crippen LogP contribution in [0.2, 0.25) is 0 Å². The molecule has 6 aromatic carbocycles. The van der Waals surface area contributed by atoms with Gasteiger partial charge in [0.15, 0.2) is 0 Å². The third-order valence-corrected chi connectivity index (χ3v) is 15.4. The van der Waals surface area contributed by atoms with Crippen molar-refractivity contribution in [3.05, 3.63) is 214 Å². The van der Waals surface area contributed by atoms with Gasteiger partial charge in [0.1, 0.15) is 19.8 Å². The molecule has 9 aromatic rings. The minimum atomic E-state index is -0.933. The number of ether oxygens (including phenoxy) is 5. The van der Waals surface area contributed by atoms with Gasteiger partial charge in [0.25, 0.3) is 0 Å². The lowest BCUT2D eigenvalue weighted by atomic mass is 10.1. The van der Waals surface area contributed by atoms with Gasteiger partial charge in [0.2, 0.25) is 29.5 Å². The molecule has 5 amide bonds. The van der Waals surface area contributed by atoms with Gasteiger partial charge < -0.3 is 81.2 Å². The predicted molar refractivity (Wildman–Crippen MR) is 384 cm³/mol. The molecule has 0 aliphatic rings. The number of benzene rings is 6. The Morgan fingerprint density at radius 2 is 0.703 bits per heavy atom. The molecule has 0 aliphatic heterocycles. The number of nitrogens with two attached hydrogens (primary N) is 4. The quantitative estimate of drug-likeness (QED) is 0.0167. The Kier molecular flexibility index (Phi) is 29.6. The van der Waals surface area contributed by atoms with Gasteiger partial charge in [-0.25, -0.2) is 4.79 Å². The summed E-state index contributed by atoms with van der Waals surface area (Å²) in [5.74, 6) is -4.23. The zero-order valence-corrected chi connectivity index (χ0v) is 57.6. The molecule has 0 bridgehead atoms. The van der Waals surface area contributed by atoms with Crippen molar-refractivity contribution in [1.29, 1.82) is 0 Å². The molecule has 0 radical (unpaired) electrons. The first-order valence-electron chi connectivity index (χ1n) is 32.0. The van der Waals surface area contributed by atoms with Crippen molar-refractivity contribution in [2.45, 2.75) is 73.1 Å². The maximum atomic E-state index is 12.0. The third kappa shape index (κ3) is 22.6. The molecular weight excluding hydrogens is 1290 g/mol. The minimum Gasteiger partial charge on any atom is -0.481 e. The number of rotatable bonds is 28. The molecule has 12 N–H and O–H groups in total. The Hall–Kier alpha value is -11.9. The average Bonchev–Trinajstić information content (AvgIpc) is 1.71. The Balaban J connectivity index is 0.000000229. The van der Waals surface area contributed by atoms with E-state index in [4.69, 9.17) is 52.1 Å². The maximum absolute atomic E-state index is 12.0. The fourth-order valence-corrected chi connectivity index (χ4v) is 10.8. The lowest BCUT2D eigenvalue weighted by molar-refractivity contribution is -0.144. The van der Waals surface area contributed by atoms with E-state index in [1.54, 1.807) is 62.4 Å². The molecule has 0 fully saturated rings. The standard InChI is InChI=1S/C26H29N3O5.C24H25N3O5.C23H25N3O3.C3H6O3/c1-4-34-25(31)14-11-21-10-13-23(18-5-8-20(9-6-18)28-24(30)16-33-3)29(21)22-12-7-19(26(27)32)15-17(22)2;1-15-13-17(24(25)31)5-10-20(15)27-19(9-12-23(29)30)8-11-21(27)16-3-6-18(7-4-16)26-22(28)14-32-2;1-3-29-22(27)13-10-19-9-12-21(16-4-7-18(24)8-5-16)26(19)20-11-6-17(23(25)28)14-15(20)2;1-6-2-3(4)5/h5-10,12-13,15H,4,11,14,16H2,1-3H3,(H2,27,32)(H,28,30);3-8,10-11,13H,9,12,14H2,1-2H3,(H2,25,31)(H,26,28)(H,29,30);4-9,11-12,14H,3,10,13,24H2,1-2H3,(H2,25,28);2H2,1H3,(H,4,5). The third-order valence-electron chi connectivity index (χ3n) is 15.4. The number of carbonyl (C=O) groups excluding carboxylic acids is 7. The van der Waals surface area contributed by atoms with Crippen LogP contribution in [0.15, 0.2) is 164 Å². The van der Waals surface area contributed by atoms with Crippen LogP contribution in [0, 0.1) is 20.8 Å². The van der Waals surface area contributed by atoms with E-state index in [1.165, 1.54) is 21.3 Å². The first-order chi connectivity index (χ1) is 48.3. The molecule has 3 heterocycles. The molecule has 3 aromatic heterocycles. The fourth-order valence-electron chi connectivity index (χ4n) is 10.8. The number of amides is 5. The molecule has 0 saturated heterocycles. The van der Waals surface area contributed by atoms with Crippen LogP contribution in [0.4, 0.5) is 17.1 Å². The van der Waals surface area contributed by atoms with Gasteiger partial charge in [0, 0.05) is 89.2 Å². The van der Waals surface area contributed by atoms with Gasteiger partial charge in [-0.3, -0.25) is 38.4 Å². The second-order valence-corrected chi connectivity index (χ2v) is 22.8. The second-order valence-electron chi connectivity index (χ2n) is 22.8. The number of primary amides is 3. The summed E-state index contributed by atoms with van der Waals surface area (Å²) in [6.07, 6.45) is 1.90. The number of aromatic nitrogens is 3. The van der Waals surface area contributed by atoms with Gasteiger partial charge in [0.05, 0.1) is 49.6 Å². The lowest BCUT2D eigenvalue weighted by Crippen LogP contribution is -2.16. The minimum absolute atomic E-state index is 0.00760. The highest BCUT2D eigenvalue weighted by Crippen LogP contribution is 2.34. The first-order valence-corrected chi connectivity index (χ1v) is 32.0. The van der Waals surface area contributed by atoms with Crippen molar-refractivity contribution in [2.75, 3.05) is 70.7 Å². The molecule has 25 heteroatoms. The van der Waals surface area contributed by atoms with Crippen molar-refractivity contribution in [1.82, 2.24) is 13.7 Å². The molecule has 0 atom stereocenters. The topological polar surface area (TPSA) is 383 Å². The van der Waals surface area contributed by atoms with E-state index in [0.29, 0.717) is 66.2 Å². The van der Waals surface area contributed by atoms with Crippen LogP contribution >= 0.6 is 0 Å². The van der Waals surface area contributed by atoms with Gasteiger partial charge in [-0.1, -0.05) is 36.4 Å². The van der Waals surface area contributed by atoms with Crippen LogP contribution in [0.3, 0.4) is 0 Å². The second kappa shape index (κ2) is 38.3. The number of carboxylic acid groups (broad SMARTS) is 2. The van der Waals surface area contributed by atoms with Gasteiger partial charge in [-0.05, 0) is 215 Å². The lowest BCUT2D eigenvalue weighted by Gasteiger charge is -2.17. The number of nitrogens with one attached hydrogen (secondary N) is 2. The summed E-state index contributed by atoms with van der Waals surface area (Å²) in [7, 11) is 4.26. The zero-order chi connectivity index (χ0) is 73.9. The van der Waals surface area contributed by atoms with Crippen LogP contribution in [-0.2, 0) is 71.7 Å². The SMILES string of the molecule is CCOC(=O)CCc1ccc(-c2ccc(N)cc2)n1-c1ccc(C(N)=O)cc1C.CCOC(=O)CCc1ccc(-c2ccc(NC(=O)COC)cc2)n1-c1ccc(C(N)=O)cc1C.COCC(=O)Nc1ccc(-c2ccc(CCC(=O)O)n2-c2ccc(C(N)=O)cc2C)cc1.COCC(=O)O. The summed E-state index contributed by atoms with van der Waals surface area (Å²) in [5, 5.41) is 22.5. The summed E-state index contributed by atoms with van der Waals surface area (Å²) >= 11 is 0. The monoisotopic (exact) mass is 1380 g/mol. The summed E-state index contributed by atoms with van der Waals surface area (Å²) in [6.45, 7) is 9.75. The van der Waals surface area contributed by atoms with Crippen molar-refractivity contribution < 1.29 is 77.0 Å². The number of methoxy groups -OCH3 is 3. The Labute approximate surface area is 584 Å². The van der Waals surface area contributed by atoms with Crippen molar-refractivity contribution in [2.24, 2.45) is 17.2 Å². The van der Waals surface area contributed by atoms with Crippen LogP contribution in [-0.4, -0.2) is 132 Å². The van der Waals surface area contributed by atoms with E-state index >= 15 is 0 Å². The van der Waals surface area contributed by atoms with E-state index in [9.17, 15) is 43.2 Å². The van der Waals surface area contributed by atoms with Crippen LogP contribution in [0.1, 0.15) is 98.0 Å². The normalized spacial score (nSPS) is 10.5. The first kappa shape index (κ1) is 78.1. The molecule has 0 spiro atoms. The molecule has 25 nitrogen and oxygen atoms in total. The Morgan fingerprint density at radius 1 is 0.396 bits per heavy atom. The van der Waals surface area contributed by atoms with E-state index in [1.807, 2.05) is 141 Å². The fraction of sp³-hybridized carbons (Fsp3) is 0.250. The highest BCUT2D eigenvalue weighted by atomic mass is 16.5. The molecule has 0 saturated carbocycles. The number of anilines is 3. The number of hydrogen-bond donors (Lipinski definition) is 8. The summed E-state index contributed by atoms with van der Waals surface area (Å²) < 4.78 is 30.2. The maximum Gasteiger partial charge on any atom is 0.329 e. The molecule has 530 valence electrons. The number of nitrogens with zero attached hydrogens (tertiary/aromatic N) is 3. The van der Waals surface area contributed by atoms with E-state index in [2.05, 4.69) is 24.5 Å². The number of nitrogen functional groups attached to an aromatic ring is 1. The number of carboxylic acids is 2. The molecule has 9 rings (SSSR count). The summed E-state index contributed by atoms with van der Waals surface area (Å²) in [5.41, 5.74) is 38.9. The van der Waals surface area contributed by atoms with E-state index < -0.39 is 29.7 Å². The Morgan fingerprint density at radius 3 is 0.960 bits per heavy atom. The van der Waals surface area contributed by atoms with Crippen LogP contribution in [0.25, 0.3) is 50.8 Å². The number of aliphatic carboxylic acids is 2. The molecular formula is C76H85N9O16. The summed E-state index contributed by atoms with van der Waals surface area (Å²) in [4.78, 5) is 103. The van der Waals surface area contributed by atoms with Crippen LogP contribution < -0.4 is 33.6 Å². The largest absolute Gasteiger partial charge is 0.481 e.